The van der Waals surface area contributed by atoms with Crippen LogP contribution in [0.3, 0.4) is 0 Å². The number of benzene rings is 1. The Bertz CT molecular complexity index is 361. The monoisotopic (exact) mass is 255 g/mol. The first kappa shape index (κ1) is 11.7. The lowest BCUT2D eigenvalue weighted by Crippen LogP contribution is -2.19. The van der Waals surface area contributed by atoms with Gasteiger partial charge in [0.2, 0.25) is 0 Å². The van der Waals surface area contributed by atoms with Crippen LogP contribution < -0.4 is 10.5 Å². The predicted octanol–water partition coefficient (Wildman–Crippen LogP) is 2.03. The smallest absolute Gasteiger partial charge is 0.255 e. The minimum Gasteiger partial charge on any atom is -0.484 e. The van der Waals surface area contributed by atoms with Crippen LogP contribution in [0.15, 0.2) is 24.3 Å². The Morgan fingerprint density at radius 2 is 1.94 bits per heavy atom. The van der Waals surface area contributed by atoms with Crippen molar-refractivity contribution in [1.82, 2.24) is 0 Å². The summed E-state index contributed by atoms with van der Waals surface area (Å²) in [4.78, 5) is 10.5. The standard InChI is InChI=1S/C11H13NO2S2/c12-10(13)7-14-9-3-1-8(2-4-9)11-15-5-6-16-11/h1-4,11H,5-7H2,(H2,12,13). The van der Waals surface area contributed by atoms with E-state index >= 15 is 0 Å². The maximum atomic E-state index is 10.5. The van der Waals surface area contributed by atoms with Crippen molar-refractivity contribution >= 4 is 29.4 Å². The molecule has 0 radical (unpaired) electrons. The lowest BCUT2D eigenvalue weighted by molar-refractivity contribution is -0.119. The molecule has 1 fully saturated rings. The van der Waals surface area contributed by atoms with E-state index in [1.807, 2.05) is 47.8 Å². The van der Waals surface area contributed by atoms with Crippen molar-refractivity contribution in [2.45, 2.75) is 4.58 Å². The summed E-state index contributed by atoms with van der Waals surface area (Å²) in [5.74, 6) is 2.67. The fourth-order valence-electron chi connectivity index (χ4n) is 1.43. The molecule has 0 spiro atoms. The lowest BCUT2D eigenvalue weighted by atomic mass is 10.2. The number of carbonyl (C=O) groups excluding carboxylic acids is 1. The van der Waals surface area contributed by atoms with Gasteiger partial charge in [0, 0.05) is 11.5 Å². The summed E-state index contributed by atoms with van der Waals surface area (Å²) in [5, 5.41) is 0. The van der Waals surface area contributed by atoms with Crippen molar-refractivity contribution in [3.63, 3.8) is 0 Å². The molecule has 1 heterocycles. The van der Waals surface area contributed by atoms with E-state index in [0.717, 1.165) is 0 Å². The van der Waals surface area contributed by atoms with Crippen LogP contribution in [-0.4, -0.2) is 24.0 Å². The van der Waals surface area contributed by atoms with Crippen molar-refractivity contribution in [3.05, 3.63) is 29.8 Å². The number of amides is 1. The molecule has 0 saturated carbocycles. The van der Waals surface area contributed by atoms with E-state index in [4.69, 9.17) is 10.5 Å². The zero-order valence-electron chi connectivity index (χ0n) is 8.72. The van der Waals surface area contributed by atoms with Crippen LogP contribution in [-0.2, 0) is 4.79 Å². The Morgan fingerprint density at radius 3 is 2.50 bits per heavy atom. The summed E-state index contributed by atoms with van der Waals surface area (Å²) >= 11 is 3.94. The molecule has 1 aromatic carbocycles. The molecule has 3 nitrogen and oxygen atoms in total. The molecule has 2 N–H and O–H groups in total. The number of carbonyl (C=O) groups is 1. The minimum absolute atomic E-state index is 0.0632. The first-order valence-electron chi connectivity index (χ1n) is 5.00. The second kappa shape index (κ2) is 5.50. The summed E-state index contributed by atoms with van der Waals surface area (Å²) in [6.07, 6.45) is 0. The number of rotatable bonds is 4. The molecule has 0 aliphatic carbocycles. The SMILES string of the molecule is NC(=O)COc1ccc(C2SCCS2)cc1. The summed E-state index contributed by atoms with van der Waals surface area (Å²) in [6, 6.07) is 7.87. The Balaban J connectivity index is 1.95. The average molecular weight is 255 g/mol. The molecule has 0 atom stereocenters. The highest BCUT2D eigenvalue weighted by Crippen LogP contribution is 2.45. The van der Waals surface area contributed by atoms with Crippen LogP contribution in [0.4, 0.5) is 0 Å². The fourth-order valence-corrected chi connectivity index (χ4v) is 4.29. The summed E-state index contributed by atoms with van der Waals surface area (Å²) in [6.45, 7) is -0.0632. The van der Waals surface area contributed by atoms with Gasteiger partial charge in [0.25, 0.3) is 5.91 Å². The van der Waals surface area contributed by atoms with Crippen LogP contribution in [0.5, 0.6) is 5.75 Å². The molecule has 1 aromatic rings. The van der Waals surface area contributed by atoms with E-state index in [1.54, 1.807) is 0 Å². The molecule has 16 heavy (non-hydrogen) atoms. The first-order valence-corrected chi connectivity index (χ1v) is 7.10. The lowest BCUT2D eigenvalue weighted by Gasteiger charge is -2.09. The molecular weight excluding hydrogens is 242 g/mol. The number of nitrogens with two attached hydrogens (primary N) is 1. The van der Waals surface area contributed by atoms with E-state index in [1.165, 1.54) is 17.1 Å². The van der Waals surface area contributed by atoms with Gasteiger partial charge >= 0.3 is 0 Å². The molecule has 1 saturated heterocycles. The quantitative estimate of drug-likeness (QED) is 0.894. The highest BCUT2D eigenvalue weighted by atomic mass is 32.2. The van der Waals surface area contributed by atoms with Crippen LogP contribution >= 0.6 is 23.5 Å². The number of thioether (sulfide) groups is 2. The molecule has 86 valence electrons. The summed E-state index contributed by atoms with van der Waals surface area (Å²) < 4.78 is 5.74. The summed E-state index contributed by atoms with van der Waals surface area (Å²) in [5.41, 5.74) is 6.30. The van der Waals surface area contributed by atoms with Crippen molar-refractivity contribution in [3.8, 4) is 5.75 Å². The zero-order chi connectivity index (χ0) is 11.4. The molecule has 0 aromatic heterocycles. The van der Waals surface area contributed by atoms with Gasteiger partial charge in [0.05, 0.1) is 4.58 Å². The highest BCUT2D eigenvalue weighted by molar-refractivity contribution is 8.19. The fraction of sp³-hybridized carbons (Fsp3) is 0.364. The largest absolute Gasteiger partial charge is 0.484 e. The van der Waals surface area contributed by atoms with Crippen LogP contribution in [0.1, 0.15) is 10.1 Å². The first-order chi connectivity index (χ1) is 7.75. The average Bonchev–Trinajstić information content (AvgIpc) is 2.80. The van der Waals surface area contributed by atoms with Gasteiger partial charge in [-0.05, 0) is 17.7 Å². The number of ether oxygens (including phenoxy) is 1. The maximum absolute atomic E-state index is 10.5. The van der Waals surface area contributed by atoms with Gasteiger partial charge in [-0.15, -0.1) is 23.5 Å². The van der Waals surface area contributed by atoms with E-state index < -0.39 is 5.91 Å². The minimum atomic E-state index is -0.453. The Kier molecular flexibility index (Phi) is 4.01. The predicted molar refractivity (Wildman–Crippen MR) is 68.8 cm³/mol. The third-order valence-corrected chi connectivity index (χ3v) is 5.26. The number of hydrogen-bond donors (Lipinski definition) is 1. The molecule has 1 amide bonds. The van der Waals surface area contributed by atoms with Crippen molar-refractivity contribution in [2.75, 3.05) is 18.1 Å². The number of primary amides is 1. The van der Waals surface area contributed by atoms with E-state index in [0.29, 0.717) is 10.3 Å². The Labute approximate surface area is 103 Å². The van der Waals surface area contributed by atoms with Crippen molar-refractivity contribution in [1.29, 1.82) is 0 Å². The van der Waals surface area contributed by atoms with Gasteiger partial charge in [-0.3, -0.25) is 4.79 Å². The Morgan fingerprint density at radius 1 is 1.31 bits per heavy atom. The van der Waals surface area contributed by atoms with E-state index in [-0.39, 0.29) is 6.61 Å². The van der Waals surface area contributed by atoms with Gasteiger partial charge in [0.1, 0.15) is 5.75 Å². The van der Waals surface area contributed by atoms with Gasteiger partial charge in [-0.2, -0.15) is 0 Å². The van der Waals surface area contributed by atoms with Gasteiger partial charge in [-0.25, -0.2) is 0 Å². The second-order valence-electron chi connectivity index (χ2n) is 3.40. The van der Waals surface area contributed by atoms with Crippen LogP contribution in [0, 0.1) is 0 Å². The summed E-state index contributed by atoms with van der Waals surface area (Å²) in [7, 11) is 0. The number of hydrogen-bond acceptors (Lipinski definition) is 4. The third-order valence-electron chi connectivity index (χ3n) is 2.16. The van der Waals surface area contributed by atoms with E-state index in [9.17, 15) is 4.79 Å². The van der Waals surface area contributed by atoms with Crippen molar-refractivity contribution in [2.24, 2.45) is 5.73 Å². The van der Waals surface area contributed by atoms with Crippen LogP contribution in [0.25, 0.3) is 0 Å². The van der Waals surface area contributed by atoms with Crippen molar-refractivity contribution < 1.29 is 9.53 Å². The molecule has 1 aliphatic heterocycles. The zero-order valence-corrected chi connectivity index (χ0v) is 10.4. The highest BCUT2D eigenvalue weighted by Gasteiger charge is 2.17. The normalized spacial score (nSPS) is 16.2. The Hall–Kier alpha value is -0.810. The molecular formula is C11H13NO2S2. The van der Waals surface area contributed by atoms with Gasteiger partial charge < -0.3 is 10.5 Å². The van der Waals surface area contributed by atoms with Gasteiger partial charge in [-0.1, -0.05) is 12.1 Å². The molecule has 0 unspecified atom stereocenters. The molecule has 2 rings (SSSR count). The molecule has 1 aliphatic rings. The van der Waals surface area contributed by atoms with Gasteiger partial charge in [0.15, 0.2) is 6.61 Å². The molecule has 5 heteroatoms. The second-order valence-corrected chi connectivity index (χ2v) is 6.12. The third kappa shape index (κ3) is 3.09. The topological polar surface area (TPSA) is 52.3 Å². The van der Waals surface area contributed by atoms with Crippen LogP contribution in [0.2, 0.25) is 0 Å². The van der Waals surface area contributed by atoms with E-state index in [2.05, 4.69) is 0 Å². The maximum Gasteiger partial charge on any atom is 0.255 e. The molecule has 0 bridgehead atoms.